The molecule has 0 saturated carbocycles. The van der Waals surface area contributed by atoms with Crippen molar-refractivity contribution in [3.8, 4) is 0 Å². The molecule has 2 amide bonds. The average Bonchev–Trinajstić information content (AvgIpc) is 2.93. The lowest BCUT2D eigenvalue weighted by atomic mass is 10.2. The molecule has 1 aromatic carbocycles. The maximum atomic E-state index is 11.8. The van der Waals surface area contributed by atoms with E-state index < -0.39 is 0 Å². The first kappa shape index (κ1) is 13.2. The number of benzene rings is 1. The van der Waals surface area contributed by atoms with Crippen molar-refractivity contribution < 1.29 is 9.59 Å². The van der Waals surface area contributed by atoms with E-state index in [0.717, 1.165) is 0 Å². The molecule has 98 valence electrons. The molecule has 0 radical (unpaired) electrons. The van der Waals surface area contributed by atoms with Gasteiger partial charge in [-0.2, -0.15) is 0 Å². The van der Waals surface area contributed by atoms with Crippen molar-refractivity contribution >= 4 is 28.8 Å². The van der Waals surface area contributed by atoms with Gasteiger partial charge in [-0.15, -0.1) is 11.3 Å². The molecule has 1 aromatic heterocycles. The summed E-state index contributed by atoms with van der Waals surface area (Å²) in [6, 6.07) is 6.78. The van der Waals surface area contributed by atoms with Crippen LogP contribution in [0.1, 0.15) is 27.8 Å². The molecular formula is C13H13N3O2S. The highest BCUT2D eigenvalue weighted by Gasteiger charge is 2.09. The van der Waals surface area contributed by atoms with Gasteiger partial charge in [0.1, 0.15) is 5.69 Å². The summed E-state index contributed by atoms with van der Waals surface area (Å²) in [5, 5.41) is 7.08. The smallest absolute Gasteiger partial charge is 0.275 e. The highest BCUT2D eigenvalue weighted by atomic mass is 32.1. The van der Waals surface area contributed by atoms with Crippen LogP contribution in [-0.2, 0) is 0 Å². The number of nitrogens with zero attached hydrogens (tertiary/aromatic N) is 1. The minimum Gasteiger partial charge on any atom is -0.352 e. The van der Waals surface area contributed by atoms with Crippen LogP contribution < -0.4 is 10.6 Å². The van der Waals surface area contributed by atoms with Gasteiger partial charge in [0.05, 0.1) is 5.51 Å². The molecule has 0 unspecified atom stereocenters. The zero-order valence-corrected chi connectivity index (χ0v) is 11.2. The predicted octanol–water partition coefficient (Wildman–Crippen LogP) is 2.15. The van der Waals surface area contributed by atoms with E-state index in [1.165, 1.54) is 11.3 Å². The Morgan fingerprint density at radius 1 is 1.32 bits per heavy atom. The number of hydrogen-bond donors (Lipinski definition) is 2. The van der Waals surface area contributed by atoms with Gasteiger partial charge in [0.2, 0.25) is 0 Å². The zero-order valence-electron chi connectivity index (χ0n) is 10.3. The van der Waals surface area contributed by atoms with E-state index in [0.29, 0.717) is 23.5 Å². The molecule has 2 rings (SSSR count). The van der Waals surface area contributed by atoms with Gasteiger partial charge in [-0.25, -0.2) is 4.98 Å². The van der Waals surface area contributed by atoms with Crippen LogP contribution in [0.3, 0.4) is 0 Å². The summed E-state index contributed by atoms with van der Waals surface area (Å²) in [5.74, 6) is -0.443. The normalized spacial score (nSPS) is 9.95. The van der Waals surface area contributed by atoms with Crippen LogP contribution in [-0.4, -0.2) is 23.3 Å². The number of thiazole rings is 1. The molecule has 2 aromatic rings. The van der Waals surface area contributed by atoms with E-state index in [1.807, 2.05) is 6.92 Å². The summed E-state index contributed by atoms with van der Waals surface area (Å²) in [4.78, 5) is 27.4. The molecule has 0 fully saturated rings. The number of hydrogen-bond acceptors (Lipinski definition) is 4. The molecule has 0 aliphatic heterocycles. The van der Waals surface area contributed by atoms with Gasteiger partial charge in [-0.1, -0.05) is 6.07 Å². The van der Waals surface area contributed by atoms with Crippen LogP contribution in [0, 0.1) is 0 Å². The molecule has 0 atom stereocenters. The fourth-order valence-corrected chi connectivity index (χ4v) is 2.05. The lowest BCUT2D eigenvalue weighted by Gasteiger charge is -2.06. The molecule has 5 nitrogen and oxygen atoms in total. The summed E-state index contributed by atoms with van der Waals surface area (Å²) in [6.45, 7) is 2.42. The third-order valence-electron chi connectivity index (χ3n) is 2.38. The Kier molecular flexibility index (Phi) is 4.25. The van der Waals surface area contributed by atoms with Crippen molar-refractivity contribution in [3.63, 3.8) is 0 Å². The minimum atomic E-state index is -0.283. The summed E-state index contributed by atoms with van der Waals surface area (Å²) in [5.41, 5.74) is 3.05. The number of anilines is 1. The van der Waals surface area contributed by atoms with Gasteiger partial charge in [-0.05, 0) is 25.1 Å². The number of carbonyl (C=O) groups is 2. The summed E-state index contributed by atoms with van der Waals surface area (Å²) in [6.07, 6.45) is 0. The summed E-state index contributed by atoms with van der Waals surface area (Å²) in [7, 11) is 0. The fraction of sp³-hybridized carbons (Fsp3) is 0.154. The minimum absolute atomic E-state index is 0.160. The molecule has 0 aliphatic carbocycles. The number of aromatic nitrogens is 1. The van der Waals surface area contributed by atoms with Crippen LogP contribution in [0.2, 0.25) is 0 Å². The maximum Gasteiger partial charge on any atom is 0.275 e. The Morgan fingerprint density at radius 3 is 2.84 bits per heavy atom. The lowest BCUT2D eigenvalue weighted by molar-refractivity contribution is 0.0954. The average molecular weight is 275 g/mol. The largest absolute Gasteiger partial charge is 0.352 e. The first-order valence-corrected chi connectivity index (χ1v) is 6.72. The second-order valence-electron chi connectivity index (χ2n) is 3.77. The standard InChI is InChI=1S/C13H13N3O2S/c1-2-14-12(17)9-4-3-5-10(6-9)16-13(18)11-7-19-8-15-11/h3-8H,2H2,1H3,(H,14,17)(H,16,18). The lowest BCUT2D eigenvalue weighted by Crippen LogP contribution is -2.22. The maximum absolute atomic E-state index is 11.8. The van der Waals surface area contributed by atoms with Gasteiger partial charge in [0.25, 0.3) is 11.8 Å². The third-order valence-corrected chi connectivity index (χ3v) is 2.97. The van der Waals surface area contributed by atoms with Crippen LogP contribution in [0.15, 0.2) is 35.2 Å². The second-order valence-corrected chi connectivity index (χ2v) is 4.49. The molecule has 0 bridgehead atoms. The Hall–Kier alpha value is -2.21. The SMILES string of the molecule is CCNC(=O)c1cccc(NC(=O)c2cscn2)c1. The zero-order chi connectivity index (χ0) is 13.7. The van der Waals surface area contributed by atoms with Crippen LogP contribution >= 0.6 is 11.3 Å². The van der Waals surface area contributed by atoms with Gasteiger partial charge in [0, 0.05) is 23.2 Å². The van der Waals surface area contributed by atoms with Gasteiger partial charge in [0.15, 0.2) is 0 Å². The molecule has 6 heteroatoms. The molecule has 0 aliphatic rings. The van der Waals surface area contributed by atoms with E-state index in [-0.39, 0.29) is 11.8 Å². The predicted molar refractivity (Wildman–Crippen MR) is 74.5 cm³/mol. The van der Waals surface area contributed by atoms with E-state index in [2.05, 4.69) is 15.6 Å². The first-order valence-electron chi connectivity index (χ1n) is 5.78. The third kappa shape index (κ3) is 3.38. The van der Waals surface area contributed by atoms with E-state index in [4.69, 9.17) is 0 Å². The van der Waals surface area contributed by atoms with Crippen LogP contribution in [0.25, 0.3) is 0 Å². The summed E-state index contributed by atoms with van der Waals surface area (Å²) < 4.78 is 0. The topological polar surface area (TPSA) is 71.1 Å². The molecule has 0 saturated heterocycles. The van der Waals surface area contributed by atoms with E-state index in [1.54, 1.807) is 35.2 Å². The van der Waals surface area contributed by atoms with Crippen LogP contribution in [0.5, 0.6) is 0 Å². The Balaban J connectivity index is 2.11. The van der Waals surface area contributed by atoms with Crippen molar-refractivity contribution in [2.24, 2.45) is 0 Å². The highest BCUT2D eigenvalue weighted by molar-refractivity contribution is 7.07. The quantitative estimate of drug-likeness (QED) is 0.898. The van der Waals surface area contributed by atoms with Gasteiger partial charge in [-0.3, -0.25) is 9.59 Å². The molecule has 19 heavy (non-hydrogen) atoms. The highest BCUT2D eigenvalue weighted by Crippen LogP contribution is 2.12. The number of rotatable bonds is 4. The molecular weight excluding hydrogens is 262 g/mol. The fourth-order valence-electron chi connectivity index (χ4n) is 1.52. The van der Waals surface area contributed by atoms with Gasteiger partial charge < -0.3 is 10.6 Å². The number of amides is 2. The van der Waals surface area contributed by atoms with E-state index >= 15 is 0 Å². The number of carbonyl (C=O) groups excluding carboxylic acids is 2. The number of nitrogens with one attached hydrogen (secondary N) is 2. The molecule has 1 heterocycles. The van der Waals surface area contributed by atoms with Crippen molar-refractivity contribution in [3.05, 3.63) is 46.4 Å². The van der Waals surface area contributed by atoms with E-state index in [9.17, 15) is 9.59 Å². The van der Waals surface area contributed by atoms with Crippen LogP contribution in [0.4, 0.5) is 5.69 Å². The first-order chi connectivity index (χ1) is 9.20. The van der Waals surface area contributed by atoms with Crippen molar-refractivity contribution in [1.29, 1.82) is 0 Å². The molecule has 0 spiro atoms. The van der Waals surface area contributed by atoms with Crippen molar-refractivity contribution in [2.75, 3.05) is 11.9 Å². The summed E-state index contributed by atoms with van der Waals surface area (Å²) >= 11 is 1.36. The Labute approximate surface area is 114 Å². The van der Waals surface area contributed by atoms with Crippen molar-refractivity contribution in [2.45, 2.75) is 6.92 Å². The second kappa shape index (κ2) is 6.10. The Morgan fingerprint density at radius 2 is 2.16 bits per heavy atom. The van der Waals surface area contributed by atoms with Crippen molar-refractivity contribution in [1.82, 2.24) is 10.3 Å². The monoisotopic (exact) mass is 275 g/mol. The Bertz CT molecular complexity index is 581. The van der Waals surface area contributed by atoms with Gasteiger partial charge >= 0.3 is 0 Å². The molecule has 2 N–H and O–H groups in total.